The Labute approximate surface area is 99.3 Å². The Morgan fingerprint density at radius 3 is 2.62 bits per heavy atom. The summed E-state index contributed by atoms with van der Waals surface area (Å²) in [6, 6.07) is 6.81. The molecule has 0 bridgehead atoms. The zero-order valence-corrected chi connectivity index (χ0v) is 9.60. The van der Waals surface area contributed by atoms with E-state index in [9.17, 15) is 4.79 Å². The fourth-order valence-corrected chi connectivity index (χ4v) is 1.32. The molecule has 6 heteroatoms. The summed E-state index contributed by atoms with van der Waals surface area (Å²) < 4.78 is 10.6. The van der Waals surface area contributed by atoms with Crippen molar-refractivity contribution in [2.24, 2.45) is 0 Å². The largest absolute Gasteiger partial charge is 0.421 e. The summed E-state index contributed by atoms with van der Waals surface area (Å²) in [6.07, 6.45) is 1.25. The second kappa shape index (κ2) is 4.36. The Morgan fingerprint density at radius 2 is 2.06 bits per heavy atom. The van der Waals surface area contributed by atoms with E-state index in [0.717, 1.165) is 4.47 Å². The van der Waals surface area contributed by atoms with Crippen LogP contribution in [0.3, 0.4) is 0 Å². The molecule has 2 rings (SSSR count). The quantitative estimate of drug-likeness (QED) is 0.675. The van der Waals surface area contributed by atoms with Crippen molar-refractivity contribution < 1.29 is 14.1 Å². The number of ether oxygens (including phenoxy) is 1. The third-order valence-electron chi connectivity index (χ3n) is 1.81. The summed E-state index contributed by atoms with van der Waals surface area (Å²) in [5.74, 6) is -0.357. The maximum absolute atomic E-state index is 11.5. The van der Waals surface area contributed by atoms with Crippen molar-refractivity contribution in [3.05, 3.63) is 40.7 Å². The highest BCUT2D eigenvalue weighted by molar-refractivity contribution is 9.10. The van der Waals surface area contributed by atoms with E-state index in [1.807, 2.05) is 0 Å². The fraction of sp³-hybridized carbons (Fsp3) is 0. The molecule has 0 aliphatic heterocycles. The molecule has 1 heterocycles. The van der Waals surface area contributed by atoms with E-state index < -0.39 is 5.97 Å². The van der Waals surface area contributed by atoms with Gasteiger partial charge in [-0.05, 0) is 24.3 Å². The Bertz CT molecular complexity index is 507. The SMILES string of the molecule is Nc1cnoc1C(=O)Oc1ccc(Br)cc1. The zero-order chi connectivity index (χ0) is 11.5. The van der Waals surface area contributed by atoms with E-state index in [-0.39, 0.29) is 11.4 Å². The predicted octanol–water partition coefficient (Wildman–Crippen LogP) is 2.24. The number of aromatic nitrogens is 1. The van der Waals surface area contributed by atoms with E-state index in [0.29, 0.717) is 5.75 Å². The van der Waals surface area contributed by atoms with Crippen LogP contribution in [0.5, 0.6) is 5.75 Å². The number of esters is 1. The van der Waals surface area contributed by atoms with Gasteiger partial charge in [0.1, 0.15) is 11.4 Å². The van der Waals surface area contributed by atoms with Gasteiger partial charge >= 0.3 is 5.97 Å². The summed E-state index contributed by atoms with van der Waals surface area (Å²) in [5, 5.41) is 3.39. The molecule has 82 valence electrons. The highest BCUT2D eigenvalue weighted by Gasteiger charge is 2.17. The first-order valence-electron chi connectivity index (χ1n) is 4.34. The Balaban J connectivity index is 2.14. The van der Waals surface area contributed by atoms with Gasteiger partial charge in [-0.1, -0.05) is 21.1 Å². The number of nitrogens with zero attached hydrogens (tertiary/aromatic N) is 1. The number of halogens is 1. The lowest BCUT2D eigenvalue weighted by Gasteiger charge is -2.01. The lowest BCUT2D eigenvalue weighted by atomic mass is 10.3. The van der Waals surface area contributed by atoms with Crippen LogP contribution in [0, 0.1) is 0 Å². The molecule has 1 aromatic heterocycles. The second-order valence-corrected chi connectivity index (χ2v) is 3.87. The number of rotatable bonds is 2. The minimum atomic E-state index is -0.669. The molecule has 1 aromatic carbocycles. The van der Waals surface area contributed by atoms with Gasteiger partial charge in [0.05, 0.1) is 6.20 Å². The molecule has 0 saturated carbocycles. The molecule has 0 aliphatic rings. The van der Waals surface area contributed by atoms with Crippen molar-refractivity contribution in [2.45, 2.75) is 0 Å². The molecule has 5 nitrogen and oxygen atoms in total. The standard InChI is InChI=1S/C10H7BrN2O3/c11-6-1-3-7(4-2-6)15-10(14)9-8(12)5-13-16-9/h1-5H,12H2. The van der Waals surface area contributed by atoms with Gasteiger partial charge < -0.3 is 15.0 Å². The summed E-state index contributed by atoms with van der Waals surface area (Å²) in [4.78, 5) is 11.5. The Hall–Kier alpha value is -1.82. The van der Waals surface area contributed by atoms with Gasteiger partial charge in [-0.2, -0.15) is 0 Å². The molecule has 2 aromatic rings. The van der Waals surface area contributed by atoms with Crippen LogP contribution >= 0.6 is 15.9 Å². The third-order valence-corrected chi connectivity index (χ3v) is 2.34. The lowest BCUT2D eigenvalue weighted by molar-refractivity contribution is 0.0692. The van der Waals surface area contributed by atoms with E-state index in [1.54, 1.807) is 24.3 Å². The molecule has 0 radical (unpaired) electrons. The van der Waals surface area contributed by atoms with Crippen molar-refractivity contribution in [2.75, 3.05) is 5.73 Å². The smallest absolute Gasteiger partial charge is 0.384 e. The number of benzene rings is 1. The van der Waals surface area contributed by atoms with Crippen LogP contribution in [-0.4, -0.2) is 11.1 Å². The average Bonchev–Trinajstić information content (AvgIpc) is 2.68. The van der Waals surface area contributed by atoms with Crippen molar-refractivity contribution >= 4 is 27.6 Å². The van der Waals surface area contributed by atoms with Gasteiger partial charge in [-0.25, -0.2) is 4.79 Å². The van der Waals surface area contributed by atoms with Crippen LogP contribution in [0.1, 0.15) is 10.6 Å². The number of hydrogen-bond donors (Lipinski definition) is 1. The number of hydrogen-bond acceptors (Lipinski definition) is 5. The van der Waals surface area contributed by atoms with Crippen LogP contribution in [0.4, 0.5) is 5.69 Å². The molecule has 0 amide bonds. The van der Waals surface area contributed by atoms with Crippen LogP contribution in [-0.2, 0) is 0 Å². The van der Waals surface area contributed by atoms with Gasteiger partial charge in [0.15, 0.2) is 0 Å². The van der Waals surface area contributed by atoms with Crippen LogP contribution in [0.2, 0.25) is 0 Å². The molecule has 0 unspecified atom stereocenters. The number of carbonyl (C=O) groups excluding carboxylic acids is 1. The first-order valence-corrected chi connectivity index (χ1v) is 5.14. The van der Waals surface area contributed by atoms with Crippen molar-refractivity contribution in [1.82, 2.24) is 5.16 Å². The summed E-state index contributed by atoms with van der Waals surface area (Å²) in [6.45, 7) is 0. The monoisotopic (exact) mass is 282 g/mol. The van der Waals surface area contributed by atoms with E-state index >= 15 is 0 Å². The van der Waals surface area contributed by atoms with Gasteiger partial charge in [0.2, 0.25) is 0 Å². The first-order chi connectivity index (χ1) is 7.66. The van der Waals surface area contributed by atoms with Gasteiger partial charge in [-0.15, -0.1) is 0 Å². The van der Waals surface area contributed by atoms with Crippen molar-refractivity contribution in [3.8, 4) is 5.75 Å². The minimum absolute atomic E-state index is 0.0945. The molecule has 0 atom stereocenters. The van der Waals surface area contributed by atoms with Gasteiger partial charge in [-0.3, -0.25) is 0 Å². The maximum Gasteiger partial charge on any atom is 0.384 e. The lowest BCUT2D eigenvalue weighted by Crippen LogP contribution is -2.09. The highest BCUT2D eigenvalue weighted by Crippen LogP contribution is 2.18. The normalized spacial score (nSPS) is 10.1. The summed E-state index contributed by atoms with van der Waals surface area (Å²) in [5.41, 5.74) is 5.61. The number of anilines is 1. The van der Waals surface area contributed by atoms with Crippen LogP contribution in [0.25, 0.3) is 0 Å². The molecule has 0 spiro atoms. The fourth-order valence-electron chi connectivity index (χ4n) is 1.06. The van der Waals surface area contributed by atoms with Crippen molar-refractivity contribution in [3.63, 3.8) is 0 Å². The zero-order valence-electron chi connectivity index (χ0n) is 8.01. The maximum atomic E-state index is 11.5. The highest BCUT2D eigenvalue weighted by atomic mass is 79.9. The molecule has 2 N–H and O–H groups in total. The number of nitrogens with two attached hydrogens (primary N) is 1. The van der Waals surface area contributed by atoms with Crippen molar-refractivity contribution in [1.29, 1.82) is 0 Å². The third kappa shape index (κ3) is 2.22. The second-order valence-electron chi connectivity index (χ2n) is 2.95. The topological polar surface area (TPSA) is 78.4 Å². The molecule has 0 aliphatic carbocycles. The molecule has 16 heavy (non-hydrogen) atoms. The van der Waals surface area contributed by atoms with E-state index in [2.05, 4.69) is 25.6 Å². The first kappa shape index (κ1) is 10.7. The van der Waals surface area contributed by atoms with E-state index in [4.69, 9.17) is 10.5 Å². The summed E-state index contributed by atoms with van der Waals surface area (Å²) >= 11 is 3.27. The molecular formula is C10H7BrN2O3. The Morgan fingerprint density at radius 1 is 1.38 bits per heavy atom. The van der Waals surface area contributed by atoms with Gasteiger partial charge in [0, 0.05) is 4.47 Å². The van der Waals surface area contributed by atoms with Crippen LogP contribution in [0.15, 0.2) is 39.5 Å². The number of carbonyl (C=O) groups is 1. The van der Waals surface area contributed by atoms with Gasteiger partial charge in [0.25, 0.3) is 5.76 Å². The van der Waals surface area contributed by atoms with E-state index in [1.165, 1.54) is 6.20 Å². The molecular weight excluding hydrogens is 276 g/mol. The minimum Gasteiger partial charge on any atom is -0.421 e. The van der Waals surface area contributed by atoms with Crippen LogP contribution < -0.4 is 10.5 Å². The predicted molar refractivity (Wildman–Crippen MR) is 60.0 cm³/mol. The average molecular weight is 283 g/mol. The summed E-state index contributed by atoms with van der Waals surface area (Å²) in [7, 11) is 0. The molecule has 0 saturated heterocycles. The molecule has 0 fully saturated rings. The number of nitrogen functional groups attached to an aromatic ring is 1. The Kier molecular flexibility index (Phi) is 2.91.